The number of halogens is 1. The predicted molar refractivity (Wildman–Crippen MR) is 150 cm³/mol. The number of aliphatic carboxylic acids is 1. The maximum Gasteiger partial charge on any atom is 0.308 e. The van der Waals surface area contributed by atoms with Gasteiger partial charge in [-0.25, -0.2) is 9.97 Å². The number of fused-ring (bicyclic) bond motifs is 1. The van der Waals surface area contributed by atoms with E-state index in [-0.39, 0.29) is 5.91 Å². The Bertz CT molecular complexity index is 1480. The molecular weight excluding hydrogens is 520 g/mol. The second kappa shape index (κ2) is 12.7. The Morgan fingerprint density at radius 3 is 2.72 bits per heavy atom. The molecule has 0 bridgehead atoms. The monoisotopic (exact) mass is 546 g/mol. The van der Waals surface area contributed by atoms with Gasteiger partial charge in [-0.05, 0) is 61.0 Å². The van der Waals surface area contributed by atoms with Crippen LogP contribution < -0.4 is 15.8 Å². The average Bonchev–Trinajstić information content (AvgIpc) is 3.45. The fraction of sp³-hybridized carbons (Fsp3) is 0.179. The summed E-state index contributed by atoms with van der Waals surface area (Å²) in [5.41, 5.74) is 8.96. The number of amides is 1. The Hall–Kier alpha value is -4.70. The van der Waals surface area contributed by atoms with Crippen LogP contribution in [0.5, 0.6) is 5.75 Å². The zero-order chi connectivity index (χ0) is 27.8. The molecule has 1 aliphatic heterocycles. The van der Waals surface area contributed by atoms with Crippen LogP contribution in [0.4, 0.5) is 17.2 Å². The van der Waals surface area contributed by atoms with E-state index in [1.165, 1.54) is 17.3 Å². The van der Waals surface area contributed by atoms with Gasteiger partial charge in [-0.1, -0.05) is 24.2 Å². The van der Waals surface area contributed by atoms with Gasteiger partial charge in [0.25, 0.3) is 0 Å². The van der Waals surface area contributed by atoms with Crippen molar-refractivity contribution in [3.63, 3.8) is 0 Å². The molecular formula is C28H27ClN6O4. The topological polar surface area (TPSA) is 144 Å². The van der Waals surface area contributed by atoms with Crippen LogP contribution >= 0.6 is 11.6 Å². The van der Waals surface area contributed by atoms with Crippen LogP contribution in [-0.2, 0) is 16.2 Å². The molecule has 1 amide bonds. The van der Waals surface area contributed by atoms with Gasteiger partial charge in [-0.2, -0.15) is 0 Å². The summed E-state index contributed by atoms with van der Waals surface area (Å²) >= 11 is 6.37. The smallest absolute Gasteiger partial charge is 0.308 e. The van der Waals surface area contributed by atoms with Crippen LogP contribution in [0.25, 0.3) is 10.9 Å². The normalized spacial score (nSPS) is 14.3. The predicted octanol–water partition coefficient (Wildman–Crippen LogP) is 4.69. The van der Waals surface area contributed by atoms with Gasteiger partial charge in [0.05, 0.1) is 22.2 Å². The van der Waals surface area contributed by atoms with Gasteiger partial charge in [-0.3, -0.25) is 14.6 Å². The maximum absolute atomic E-state index is 11.0. The van der Waals surface area contributed by atoms with Gasteiger partial charge in [0.1, 0.15) is 24.5 Å². The fourth-order valence-electron chi connectivity index (χ4n) is 3.93. The van der Waals surface area contributed by atoms with Crippen LogP contribution in [0.15, 0.2) is 79.8 Å². The molecule has 0 saturated carbocycles. The Labute approximate surface area is 230 Å². The van der Waals surface area contributed by atoms with E-state index in [0.717, 1.165) is 22.3 Å². The Balaban J connectivity index is 0.000000247. The van der Waals surface area contributed by atoms with Crippen molar-refractivity contribution in [2.24, 2.45) is 5.92 Å². The third kappa shape index (κ3) is 7.20. The number of pyridine rings is 1. The SMILES string of the molecule is C=CC(=O)N1CCC(C(=O)O)C1.Nc1ccc2ncnc(Nc3ccc(OCc4ccccn4)c(Cl)c3)c2c1. The Kier molecular flexibility index (Phi) is 8.90. The number of carboxylic acid groups (broad SMARTS) is 1. The van der Waals surface area contributed by atoms with Crippen LogP contribution in [0.2, 0.25) is 5.02 Å². The van der Waals surface area contributed by atoms with Gasteiger partial charge in [0, 0.05) is 36.0 Å². The third-order valence-electron chi connectivity index (χ3n) is 5.98. The van der Waals surface area contributed by atoms with Crippen molar-refractivity contribution in [2.45, 2.75) is 13.0 Å². The number of rotatable bonds is 7. The summed E-state index contributed by atoms with van der Waals surface area (Å²) in [5, 5.41) is 13.2. The minimum absolute atomic E-state index is 0.182. The van der Waals surface area contributed by atoms with Gasteiger partial charge in [0.15, 0.2) is 0 Å². The van der Waals surface area contributed by atoms with Crippen LogP contribution in [-0.4, -0.2) is 49.9 Å². The van der Waals surface area contributed by atoms with E-state index in [1.54, 1.807) is 12.3 Å². The molecule has 200 valence electrons. The first-order chi connectivity index (χ1) is 18.8. The highest BCUT2D eigenvalue weighted by Crippen LogP contribution is 2.31. The van der Waals surface area contributed by atoms with Crippen LogP contribution in [0.1, 0.15) is 12.1 Å². The quantitative estimate of drug-likeness (QED) is 0.222. The number of likely N-dealkylation sites (tertiary alicyclic amines) is 1. The molecule has 1 saturated heterocycles. The molecule has 1 unspecified atom stereocenters. The number of anilines is 3. The number of nitrogens with one attached hydrogen (secondary N) is 1. The van der Waals surface area contributed by atoms with Crippen molar-refractivity contribution in [1.29, 1.82) is 0 Å². The van der Waals surface area contributed by atoms with Crippen molar-refractivity contribution in [3.8, 4) is 5.75 Å². The first kappa shape index (κ1) is 27.3. The zero-order valence-corrected chi connectivity index (χ0v) is 21.7. The molecule has 2 aromatic heterocycles. The number of aromatic nitrogens is 3. The van der Waals surface area contributed by atoms with E-state index < -0.39 is 11.9 Å². The molecule has 39 heavy (non-hydrogen) atoms. The highest BCUT2D eigenvalue weighted by Gasteiger charge is 2.29. The molecule has 4 N–H and O–H groups in total. The first-order valence-electron chi connectivity index (χ1n) is 12.1. The first-order valence-corrected chi connectivity index (χ1v) is 12.5. The standard InChI is InChI=1S/C20H16ClN5O.C8H11NO3/c21-17-10-14(5-7-19(17)27-11-15-3-1-2-8-23-15)26-20-16-9-13(22)4-6-18(16)24-12-25-20;1-2-7(10)9-4-3-6(5-9)8(11)12/h1-10,12H,11,22H2,(H,24,25,26);2,6H,1,3-5H2,(H,11,12). The molecule has 1 fully saturated rings. The number of carboxylic acids is 1. The average molecular weight is 547 g/mol. The maximum atomic E-state index is 11.0. The summed E-state index contributed by atoms with van der Waals surface area (Å²) in [5.74, 6) is -0.155. The summed E-state index contributed by atoms with van der Waals surface area (Å²) in [4.78, 5) is 35.8. The van der Waals surface area contributed by atoms with Gasteiger partial charge < -0.3 is 25.8 Å². The summed E-state index contributed by atoms with van der Waals surface area (Å²) in [6, 6.07) is 16.7. The molecule has 2 aromatic carbocycles. The zero-order valence-electron chi connectivity index (χ0n) is 21.0. The molecule has 10 nitrogen and oxygen atoms in total. The van der Waals surface area contributed by atoms with Gasteiger partial charge in [-0.15, -0.1) is 0 Å². The number of nitrogens with zero attached hydrogens (tertiary/aromatic N) is 4. The van der Waals surface area contributed by atoms with Crippen molar-refractivity contribution in [2.75, 3.05) is 24.1 Å². The summed E-state index contributed by atoms with van der Waals surface area (Å²) in [7, 11) is 0. The van der Waals surface area contributed by atoms with Crippen molar-refractivity contribution >= 4 is 51.6 Å². The number of nitrogen functional groups attached to an aromatic ring is 1. The largest absolute Gasteiger partial charge is 0.486 e. The third-order valence-corrected chi connectivity index (χ3v) is 6.27. The van der Waals surface area contributed by atoms with Gasteiger partial charge in [0.2, 0.25) is 5.91 Å². The van der Waals surface area contributed by atoms with Crippen molar-refractivity contribution in [3.05, 3.63) is 90.5 Å². The van der Waals surface area contributed by atoms with E-state index in [9.17, 15) is 9.59 Å². The molecule has 1 atom stereocenters. The van der Waals surface area contributed by atoms with Crippen LogP contribution in [0, 0.1) is 5.92 Å². The molecule has 4 aromatic rings. The molecule has 3 heterocycles. The number of hydrogen-bond acceptors (Lipinski definition) is 8. The second-order valence-electron chi connectivity index (χ2n) is 8.69. The Morgan fingerprint density at radius 1 is 1.18 bits per heavy atom. The van der Waals surface area contributed by atoms with E-state index >= 15 is 0 Å². The van der Waals surface area contributed by atoms with Crippen molar-refractivity contribution < 1.29 is 19.4 Å². The molecule has 0 radical (unpaired) electrons. The summed E-state index contributed by atoms with van der Waals surface area (Å²) in [6.45, 7) is 4.54. The van der Waals surface area contributed by atoms with E-state index in [4.69, 9.17) is 27.2 Å². The summed E-state index contributed by atoms with van der Waals surface area (Å²) < 4.78 is 5.75. The van der Waals surface area contributed by atoms with Crippen LogP contribution in [0.3, 0.4) is 0 Å². The number of ether oxygens (including phenoxy) is 1. The van der Waals surface area contributed by atoms with E-state index in [2.05, 4.69) is 26.8 Å². The molecule has 11 heteroatoms. The lowest BCUT2D eigenvalue weighted by Crippen LogP contribution is -2.28. The molecule has 1 aliphatic rings. The minimum atomic E-state index is -0.825. The number of carbonyl (C=O) groups is 2. The lowest BCUT2D eigenvalue weighted by atomic mass is 10.1. The molecule has 0 aliphatic carbocycles. The van der Waals surface area contributed by atoms with E-state index in [0.29, 0.717) is 48.4 Å². The molecule has 5 rings (SSSR count). The lowest BCUT2D eigenvalue weighted by Gasteiger charge is -2.12. The highest BCUT2D eigenvalue weighted by atomic mass is 35.5. The number of carbonyl (C=O) groups excluding carboxylic acids is 1. The Morgan fingerprint density at radius 2 is 2.03 bits per heavy atom. The minimum Gasteiger partial charge on any atom is -0.486 e. The highest BCUT2D eigenvalue weighted by molar-refractivity contribution is 6.32. The van der Waals surface area contributed by atoms with E-state index in [1.807, 2.05) is 48.5 Å². The number of hydrogen-bond donors (Lipinski definition) is 3. The number of nitrogens with two attached hydrogens (primary N) is 1. The van der Waals surface area contributed by atoms with Crippen molar-refractivity contribution in [1.82, 2.24) is 19.9 Å². The second-order valence-corrected chi connectivity index (χ2v) is 9.10. The fourth-order valence-corrected chi connectivity index (χ4v) is 4.17. The number of benzene rings is 2. The lowest BCUT2D eigenvalue weighted by molar-refractivity contribution is -0.141. The van der Waals surface area contributed by atoms with Gasteiger partial charge >= 0.3 is 5.97 Å². The summed E-state index contributed by atoms with van der Waals surface area (Å²) in [6.07, 6.45) is 5.00. The molecule has 0 spiro atoms.